The molecule has 1 heterocycles. The van der Waals surface area contributed by atoms with E-state index in [0.29, 0.717) is 5.82 Å². The Kier molecular flexibility index (Phi) is 3.94. The summed E-state index contributed by atoms with van der Waals surface area (Å²) >= 11 is 0. The van der Waals surface area contributed by atoms with E-state index in [2.05, 4.69) is 15.5 Å². The Balaban J connectivity index is 2.49. The van der Waals surface area contributed by atoms with E-state index in [1.807, 2.05) is 31.2 Å². The second-order valence-corrected chi connectivity index (χ2v) is 4.56. The molecule has 0 unspecified atom stereocenters. The number of nitrogens with zero attached hydrogens (tertiary/aromatic N) is 2. The van der Waals surface area contributed by atoms with Gasteiger partial charge in [-0.1, -0.05) is 24.3 Å². The monoisotopic (exact) mass is 263 g/mol. The van der Waals surface area contributed by atoms with E-state index in [0.717, 1.165) is 16.5 Å². The van der Waals surface area contributed by atoms with E-state index in [1.165, 1.54) is 0 Å². The van der Waals surface area contributed by atoms with Gasteiger partial charge in [0.15, 0.2) is 5.82 Å². The van der Waals surface area contributed by atoms with Gasteiger partial charge in [0.05, 0.1) is 25.5 Å². The van der Waals surface area contributed by atoms with Crippen LogP contribution in [0.15, 0.2) is 24.3 Å². The Labute approximate surface area is 110 Å². The Morgan fingerprint density at radius 2 is 1.58 bits per heavy atom. The van der Waals surface area contributed by atoms with Crippen LogP contribution >= 0.6 is 0 Å². The highest BCUT2D eigenvalue weighted by molar-refractivity contribution is 5.93. The quantitative estimate of drug-likeness (QED) is 0.609. The van der Waals surface area contributed by atoms with Crippen LogP contribution in [0.2, 0.25) is 0 Å². The van der Waals surface area contributed by atoms with Gasteiger partial charge in [-0.3, -0.25) is 0 Å². The third-order valence-electron chi connectivity index (χ3n) is 3.16. The molecule has 0 fully saturated rings. The van der Waals surface area contributed by atoms with Crippen LogP contribution in [0.5, 0.6) is 0 Å². The lowest BCUT2D eigenvalue weighted by Crippen LogP contribution is -2.49. The van der Waals surface area contributed by atoms with Gasteiger partial charge in [0, 0.05) is 10.8 Å². The van der Waals surface area contributed by atoms with Crippen molar-refractivity contribution in [2.45, 2.75) is 12.5 Å². The first-order chi connectivity index (χ1) is 9.15. The normalized spacial score (nSPS) is 11.8. The summed E-state index contributed by atoms with van der Waals surface area (Å²) in [5.74, 6) is 0.429. The molecule has 0 amide bonds. The fourth-order valence-corrected chi connectivity index (χ4v) is 1.85. The number of hydrogen-bond donors (Lipinski definition) is 4. The van der Waals surface area contributed by atoms with Crippen molar-refractivity contribution >= 4 is 16.6 Å². The summed E-state index contributed by atoms with van der Waals surface area (Å²) in [7, 11) is 0. The number of aliphatic hydroxyl groups is 3. The molecular formula is C13H17N3O3. The lowest BCUT2D eigenvalue weighted by molar-refractivity contribution is 0.0831. The Morgan fingerprint density at radius 3 is 2.16 bits per heavy atom. The number of aryl methyl sites for hydroxylation is 1. The fraction of sp³-hybridized carbons (Fsp3) is 0.385. The number of fused-ring (bicyclic) bond motifs is 1. The zero-order chi connectivity index (χ0) is 13.9. The molecule has 1 aromatic carbocycles. The van der Waals surface area contributed by atoms with Crippen LogP contribution in [0.1, 0.15) is 5.69 Å². The summed E-state index contributed by atoms with van der Waals surface area (Å²) in [6, 6.07) is 7.56. The van der Waals surface area contributed by atoms with Crippen LogP contribution in [0, 0.1) is 6.92 Å². The minimum absolute atomic E-state index is 0.413. The molecule has 0 aliphatic carbocycles. The highest BCUT2D eigenvalue weighted by Crippen LogP contribution is 2.24. The predicted octanol–water partition coefficient (Wildman–Crippen LogP) is 0.0658. The Hall–Kier alpha value is -1.76. The second-order valence-electron chi connectivity index (χ2n) is 4.56. The van der Waals surface area contributed by atoms with Crippen molar-refractivity contribution in [1.82, 2.24) is 10.2 Å². The van der Waals surface area contributed by atoms with Crippen molar-refractivity contribution < 1.29 is 15.3 Å². The molecule has 0 atom stereocenters. The standard InChI is InChI=1S/C13H17N3O3/c1-9-10-4-2-3-5-11(10)12(16-15-9)14-13(6-17,7-18)8-19/h2-5,17-19H,6-8H2,1H3,(H,14,16). The van der Waals surface area contributed by atoms with Gasteiger partial charge in [-0.2, -0.15) is 5.10 Å². The lowest BCUT2D eigenvalue weighted by atomic mass is 10.0. The molecule has 0 saturated heterocycles. The average molecular weight is 263 g/mol. The molecule has 6 nitrogen and oxygen atoms in total. The molecule has 0 aliphatic heterocycles. The van der Waals surface area contributed by atoms with E-state index in [1.54, 1.807) is 0 Å². The first-order valence-electron chi connectivity index (χ1n) is 5.98. The molecule has 0 saturated carbocycles. The Morgan fingerprint density at radius 1 is 1.00 bits per heavy atom. The number of rotatable bonds is 5. The van der Waals surface area contributed by atoms with Gasteiger partial charge in [-0.25, -0.2) is 0 Å². The molecule has 2 rings (SSSR count). The maximum absolute atomic E-state index is 9.33. The number of aliphatic hydroxyl groups excluding tert-OH is 3. The molecule has 4 N–H and O–H groups in total. The number of nitrogens with one attached hydrogen (secondary N) is 1. The summed E-state index contributed by atoms with van der Waals surface area (Å²) < 4.78 is 0. The maximum Gasteiger partial charge on any atom is 0.157 e. The van der Waals surface area contributed by atoms with Crippen molar-refractivity contribution in [2.75, 3.05) is 25.1 Å². The smallest absolute Gasteiger partial charge is 0.157 e. The van der Waals surface area contributed by atoms with Crippen LogP contribution in [0.3, 0.4) is 0 Å². The van der Waals surface area contributed by atoms with Crippen LogP contribution in [-0.4, -0.2) is 50.9 Å². The zero-order valence-corrected chi connectivity index (χ0v) is 10.7. The van der Waals surface area contributed by atoms with Gasteiger partial charge < -0.3 is 20.6 Å². The van der Waals surface area contributed by atoms with Crippen molar-refractivity contribution in [1.29, 1.82) is 0 Å². The number of anilines is 1. The van der Waals surface area contributed by atoms with Gasteiger partial charge in [-0.05, 0) is 6.92 Å². The molecule has 19 heavy (non-hydrogen) atoms. The molecule has 0 radical (unpaired) electrons. The number of hydrogen-bond acceptors (Lipinski definition) is 6. The van der Waals surface area contributed by atoms with Crippen molar-refractivity contribution in [3.8, 4) is 0 Å². The summed E-state index contributed by atoms with van der Waals surface area (Å²) in [4.78, 5) is 0. The average Bonchev–Trinajstić information content (AvgIpc) is 2.48. The third-order valence-corrected chi connectivity index (χ3v) is 3.16. The zero-order valence-electron chi connectivity index (χ0n) is 10.7. The van der Waals surface area contributed by atoms with Gasteiger partial charge in [0.1, 0.15) is 5.54 Å². The highest BCUT2D eigenvalue weighted by atomic mass is 16.3. The van der Waals surface area contributed by atoms with Gasteiger partial charge in [0.25, 0.3) is 0 Å². The summed E-state index contributed by atoms with van der Waals surface area (Å²) in [6.07, 6.45) is 0. The van der Waals surface area contributed by atoms with E-state index >= 15 is 0 Å². The van der Waals surface area contributed by atoms with E-state index in [4.69, 9.17) is 0 Å². The maximum atomic E-state index is 9.33. The lowest BCUT2D eigenvalue weighted by Gasteiger charge is -2.29. The van der Waals surface area contributed by atoms with E-state index in [9.17, 15) is 15.3 Å². The van der Waals surface area contributed by atoms with Gasteiger partial charge in [-0.15, -0.1) is 5.10 Å². The van der Waals surface area contributed by atoms with Crippen LogP contribution < -0.4 is 5.32 Å². The molecule has 0 spiro atoms. The largest absolute Gasteiger partial charge is 0.394 e. The second kappa shape index (κ2) is 5.48. The predicted molar refractivity (Wildman–Crippen MR) is 71.9 cm³/mol. The van der Waals surface area contributed by atoms with Crippen molar-refractivity contribution in [3.63, 3.8) is 0 Å². The summed E-state index contributed by atoms with van der Waals surface area (Å²) in [6.45, 7) is 0.619. The molecule has 0 aliphatic rings. The SMILES string of the molecule is Cc1nnc(NC(CO)(CO)CO)c2ccccc12. The summed E-state index contributed by atoms with van der Waals surface area (Å²) in [5, 5.41) is 40.7. The van der Waals surface area contributed by atoms with Crippen LogP contribution in [-0.2, 0) is 0 Å². The Bertz CT molecular complexity index is 562. The molecule has 102 valence electrons. The van der Waals surface area contributed by atoms with Crippen molar-refractivity contribution in [2.24, 2.45) is 0 Å². The van der Waals surface area contributed by atoms with Gasteiger partial charge in [0.2, 0.25) is 0 Å². The minimum Gasteiger partial charge on any atom is -0.394 e. The highest BCUT2D eigenvalue weighted by Gasteiger charge is 2.29. The molecule has 2 aromatic rings. The minimum atomic E-state index is -1.22. The first-order valence-corrected chi connectivity index (χ1v) is 5.98. The van der Waals surface area contributed by atoms with Gasteiger partial charge >= 0.3 is 0 Å². The molecule has 0 bridgehead atoms. The first kappa shape index (κ1) is 13.7. The topological polar surface area (TPSA) is 98.5 Å². The summed E-state index contributed by atoms with van der Waals surface area (Å²) in [5.41, 5.74) is -0.420. The van der Waals surface area contributed by atoms with Crippen LogP contribution in [0.25, 0.3) is 10.8 Å². The number of benzene rings is 1. The van der Waals surface area contributed by atoms with Crippen molar-refractivity contribution in [3.05, 3.63) is 30.0 Å². The number of aromatic nitrogens is 2. The molecular weight excluding hydrogens is 246 g/mol. The molecule has 6 heteroatoms. The van der Waals surface area contributed by atoms with E-state index < -0.39 is 25.4 Å². The van der Waals surface area contributed by atoms with E-state index in [-0.39, 0.29) is 0 Å². The molecule has 1 aromatic heterocycles. The van der Waals surface area contributed by atoms with Crippen LogP contribution in [0.4, 0.5) is 5.82 Å². The fourth-order valence-electron chi connectivity index (χ4n) is 1.85. The third kappa shape index (κ3) is 2.51.